The molecule has 0 aliphatic heterocycles. The molecule has 0 aromatic heterocycles. The van der Waals surface area contributed by atoms with Crippen molar-refractivity contribution >= 4 is 26.2 Å². The van der Waals surface area contributed by atoms with Crippen LogP contribution >= 0.6 is 15.9 Å². The molecule has 0 aliphatic carbocycles. The van der Waals surface area contributed by atoms with E-state index >= 15 is 0 Å². The lowest BCUT2D eigenvalue weighted by Gasteiger charge is -1.87. The van der Waals surface area contributed by atoms with E-state index in [1.165, 1.54) is 16.7 Å². The Balaban J connectivity index is 2.54. The molecule has 0 radical (unpaired) electrons. The Kier molecular flexibility index (Phi) is 3.32. The summed E-state index contributed by atoms with van der Waals surface area (Å²) in [6.07, 6.45) is 1.28. The molecule has 1 atom stereocenters. The van der Waals surface area contributed by atoms with E-state index < -0.39 is 0 Å². The van der Waals surface area contributed by atoms with Crippen molar-refractivity contribution in [3.8, 4) is 0 Å². The van der Waals surface area contributed by atoms with Gasteiger partial charge in [-0.2, -0.15) is 0 Å². The Morgan fingerprint density at radius 2 is 2.20 bits per heavy atom. The lowest BCUT2D eigenvalue weighted by molar-refractivity contribution is 1.06. The topological polar surface area (TPSA) is 0 Å². The summed E-state index contributed by atoms with van der Waals surface area (Å²) in [6, 6.07) is 0. The van der Waals surface area contributed by atoms with Crippen LogP contribution in [0.25, 0.3) is 0 Å². The van der Waals surface area contributed by atoms with Crippen LogP contribution in [0.2, 0.25) is 0 Å². The summed E-state index contributed by atoms with van der Waals surface area (Å²) >= 11 is 3.43. The smallest absolute Gasteiger partial charge is 0.0201 e. The molecule has 32 valence electrons. The summed E-state index contributed by atoms with van der Waals surface area (Å²) in [5, 5.41) is 0. The van der Waals surface area contributed by atoms with E-state index in [1.807, 2.05) is 0 Å². The highest BCUT2D eigenvalue weighted by molar-refractivity contribution is 9.10. The van der Waals surface area contributed by atoms with Crippen LogP contribution in [0.5, 0.6) is 0 Å². The molecule has 0 spiro atoms. The Morgan fingerprint density at radius 3 is 2.20 bits per heavy atom. The maximum atomic E-state index is 3.43. The molecule has 1 unspecified atom stereocenters. The molecule has 0 amide bonds. The van der Waals surface area contributed by atoms with Gasteiger partial charge in [0.2, 0.25) is 0 Å². The molecule has 0 heterocycles. The van der Waals surface area contributed by atoms with Crippen molar-refractivity contribution in [2.75, 3.05) is 0 Å². The van der Waals surface area contributed by atoms with E-state index in [-0.39, 0.29) is 0 Å². The quantitative estimate of drug-likeness (QED) is 0.379. The summed E-state index contributed by atoms with van der Waals surface area (Å²) in [6.45, 7) is 2.19. The summed E-state index contributed by atoms with van der Waals surface area (Å²) in [4.78, 5) is 0. The van der Waals surface area contributed by atoms with Crippen LogP contribution in [0.15, 0.2) is 0 Å². The number of hydrogen-bond acceptors (Lipinski definition) is 0. The van der Waals surface area contributed by atoms with Gasteiger partial charge < -0.3 is 0 Å². The fraction of sp³-hybridized carbons (Fsp3) is 1.00. The van der Waals surface area contributed by atoms with E-state index in [1.54, 1.807) is 0 Å². The van der Waals surface area contributed by atoms with Gasteiger partial charge in [0.1, 0.15) is 0 Å². The molecule has 0 fully saturated rings. The van der Waals surface area contributed by atoms with E-state index in [0.717, 1.165) is 4.45 Å². The van der Waals surface area contributed by atoms with E-state index in [9.17, 15) is 0 Å². The third-order valence-corrected chi connectivity index (χ3v) is 2.03. The molecule has 0 saturated heterocycles. The van der Waals surface area contributed by atoms with Gasteiger partial charge in [0.25, 0.3) is 0 Å². The normalized spacial score (nSPS) is 15.6. The maximum absolute atomic E-state index is 3.43. The molecule has 0 aromatic rings. The fourth-order valence-electron chi connectivity index (χ4n) is 0. The van der Waals surface area contributed by atoms with Crippen LogP contribution in [0, 0.1) is 0 Å². The van der Waals surface area contributed by atoms with Crippen molar-refractivity contribution in [3.63, 3.8) is 0 Å². The first-order valence-corrected chi connectivity index (χ1v) is 3.98. The summed E-state index contributed by atoms with van der Waals surface area (Å²) in [7, 11) is 1.29. The average molecular weight is 153 g/mol. The van der Waals surface area contributed by atoms with Gasteiger partial charge in [-0.3, -0.25) is 0 Å². The lowest BCUT2D eigenvalue weighted by Crippen LogP contribution is -1.89. The van der Waals surface area contributed by atoms with Crippen LogP contribution in [0.1, 0.15) is 13.3 Å². The highest BCUT2D eigenvalue weighted by Gasteiger charge is 1.82. The minimum atomic E-state index is 0.836. The number of rotatable bonds is 1. The number of halogens is 1. The molecule has 0 bridgehead atoms. The van der Waals surface area contributed by atoms with Crippen molar-refractivity contribution in [3.05, 3.63) is 0 Å². The highest BCUT2D eigenvalue weighted by Crippen LogP contribution is 1.94. The monoisotopic (exact) mass is 152 g/mol. The van der Waals surface area contributed by atoms with Crippen LogP contribution in [-0.2, 0) is 0 Å². The summed E-state index contributed by atoms with van der Waals surface area (Å²) in [5.74, 6) is 0. The molecule has 0 nitrogen and oxygen atoms in total. The fourth-order valence-corrected chi connectivity index (χ4v) is 0. The second-order valence-electron chi connectivity index (χ2n) is 1.19. The third-order valence-electron chi connectivity index (χ3n) is 0.563. The first-order valence-electron chi connectivity index (χ1n) is 1.91. The van der Waals surface area contributed by atoms with Crippen LogP contribution in [0.4, 0.5) is 0 Å². The van der Waals surface area contributed by atoms with Crippen molar-refractivity contribution in [1.29, 1.82) is 0 Å². The van der Waals surface area contributed by atoms with E-state index in [2.05, 4.69) is 22.9 Å². The van der Waals surface area contributed by atoms with Crippen molar-refractivity contribution in [2.45, 2.75) is 17.8 Å². The van der Waals surface area contributed by atoms with Crippen LogP contribution in [0.3, 0.4) is 0 Å². The predicted molar refractivity (Wildman–Crippen MR) is 32.9 cm³/mol. The van der Waals surface area contributed by atoms with Gasteiger partial charge in [-0.25, -0.2) is 0 Å². The Labute approximate surface area is 44.5 Å². The Morgan fingerprint density at radius 1 is 2.00 bits per heavy atom. The minimum Gasteiger partial charge on any atom is -0.0936 e. The Bertz CT molecular complexity index is 20.9. The van der Waals surface area contributed by atoms with Gasteiger partial charge in [-0.05, 0) is 10.9 Å². The zero-order valence-electron chi connectivity index (χ0n) is 3.66. The molecule has 0 saturated carbocycles. The Hall–Kier alpha value is 0.697. The molecule has 2 heteroatoms. The molecule has 0 rings (SSSR count). The molecule has 0 aromatic carbocycles. The van der Waals surface area contributed by atoms with Gasteiger partial charge in [-0.15, -0.1) is 0 Å². The second kappa shape index (κ2) is 2.91. The van der Waals surface area contributed by atoms with Crippen molar-refractivity contribution in [1.82, 2.24) is 0 Å². The van der Waals surface area contributed by atoms with E-state index in [0.29, 0.717) is 0 Å². The zero-order valence-corrected chi connectivity index (χ0v) is 7.25. The van der Waals surface area contributed by atoms with E-state index in [4.69, 9.17) is 0 Å². The molecule has 5 heavy (non-hydrogen) atoms. The van der Waals surface area contributed by atoms with Gasteiger partial charge in [0.15, 0.2) is 0 Å². The van der Waals surface area contributed by atoms with Crippen LogP contribution < -0.4 is 0 Å². The maximum Gasteiger partial charge on any atom is 0.0201 e. The number of hydrogen-bond donors (Lipinski definition) is 0. The first kappa shape index (κ1) is 5.70. The molecule has 0 aliphatic rings. The summed E-state index contributed by atoms with van der Waals surface area (Å²) < 4.78 is 0.836. The van der Waals surface area contributed by atoms with Gasteiger partial charge in [-0.1, -0.05) is 22.9 Å². The van der Waals surface area contributed by atoms with Crippen LogP contribution in [-0.4, -0.2) is 14.7 Å². The molecular weight excluding hydrogens is 144 g/mol. The lowest BCUT2D eigenvalue weighted by atomic mass is 10.6. The molecular formula is C3H9BrSi. The van der Waals surface area contributed by atoms with Gasteiger partial charge in [0, 0.05) is 10.2 Å². The standard InChI is InChI=1S/C3H9BrSi/c1-2-3(4)5/h3H,2H2,1,5H3. The average Bonchev–Trinajstić information content (AvgIpc) is 1.38. The van der Waals surface area contributed by atoms with Gasteiger partial charge >= 0.3 is 0 Å². The van der Waals surface area contributed by atoms with Crippen molar-refractivity contribution < 1.29 is 0 Å². The first-order chi connectivity index (χ1) is 2.27. The van der Waals surface area contributed by atoms with Crippen molar-refractivity contribution in [2.24, 2.45) is 0 Å². The predicted octanol–water partition coefficient (Wildman–Crippen LogP) is 0.483. The van der Waals surface area contributed by atoms with Gasteiger partial charge in [0.05, 0.1) is 0 Å². The minimum absolute atomic E-state index is 0.836. The second-order valence-corrected chi connectivity index (χ2v) is 5.84. The SMILES string of the molecule is CCC([SiH3])Br. The largest absolute Gasteiger partial charge is 0.0936 e. The zero-order chi connectivity index (χ0) is 4.28. The highest BCUT2D eigenvalue weighted by atomic mass is 79.9. The summed E-state index contributed by atoms with van der Waals surface area (Å²) in [5.41, 5.74) is 0. The number of alkyl halides is 1. The third kappa shape index (κ3) is 4.70. The molecule has 0 N–H and O–H groups in total.